The van der Waals surface area contributed by atoms with Gasteiger partial charge in [-0.2, -0.15) is 0 Å². The first-order chi connectivity index (χ1) is 15.6. The maximum Gasteiger partial charge on any atom is 0.373 e. The predicted octanol–water partition coefficient (Wildman–Crippen LogP) is 5.27. The minimum absolute atomic E-state index is 0.284. The van der Waals surface area contributed by atoms with Gasteiger partial charge in [-0.05, 0) is 68.8 Å². The highest BCUT2D eigenvalue weighted by Crippen LogP contribution is 2.16. The van der Waals surface area contributed by atoms with Crippen LogP contribution in [0.5, 0.6) is 11.5 Å². The standard InChI is InChI=1S/C24H30O8/c1-4-7-8-9-22(29-31-23(25)18-10-14-20(15-11-18)27-5-2)30-32-24(26)19-12-16-21(17-13-19)28-6-3/h10-17,22H,4-9H2,1-3H3. The predicted molar refractivity (Wildman–Crippen MR) is 116 cm³/mol. The van der Waals surface area contributed by atoms with Crippen molar-refractivity contribution in [1.82, 2.24) is 0 Å². The van der Waals surface area contributed by atoms with E-state index in [9.17, 15) is 9.59 Å². The molecule has 0 saturated heterocycles. The second kappa shape index (κ2) is 14.1. The average molecular weight is 446 g/mol. The van der Waals surface area contributed by atoms with E-state index in [1.54, 1.807) is 48.5 Å². The molecule has 0 fully saturated rings. The number of hydrogen-bond donors (Lipinski definition) is 0. The SMILES string of the molecule is CCCCCC(OOC(=O)c1ccc(OCC)cc1)OOC(=O)c1ccc(OCC)cc1. The molecule has 0 aliphatic carbocycles. The number of ether oxygens (including phenoxy) is 2. The van der Waals surface area contributed by atoms with E-state index in [0.29, 0.717) is 31.1 Å². The number of unbranched alkanes of at least 4 members (excludes halogenated alkanes) is 2. The van der Waals surface area contributed by atoms with Crippen LogP contribution >= 0.6 is 0 Å². The van der Waals surface area contributed by atoms with Gasteiger partial charge in [0.05, 0.1) is 24.3 Å². The van der Waals surface area contributed by atoms with Crippen molar-refractivity contribution in [3.05, 3.63) is 59.7 Å². The lowest BCUT2D eigenvalue weighted by molar-refractivity contribution is -0.421. The summed E-state index contributed by atoms with van der Waals surface area (Å²) in [6, 6.07) is 12.9. The quantitative estimate of drug-likeness (QED) is 0.168. The number of rotatable bonds is 14. The Balaban J connectivity index is 1.89. The van der Waals surface area contributed by atoms with Crippen LogP contribution in [0.2, 0.25) is 0 Å². The lowest BCUT2D eigenvalue weighted by Crippen LogP contribution is -2.22. The fraction of sp³-hybridized carbons (Fsp3) is 0.417. The van der Waals surface area contributed by atoms with Gasteiger partial charge in [0.1, 0.15) is 11.5 Å². The van der Waals surface area contributed by atoms with Gasteiger partial charge in [-0.15, -0.1) is 9.78 Å². The van der Waals surface area contributed by atoms with E-state index in [4.69, 9.17) is 29.0 Å². The lowest BCUT2D eigenvalue weighted by Gasteiger charge is -2.15. The van der Waals surface area contributed by atoms with Crippen molar-refractivity contribution in [2.45, 2.75) is 52.7 Å². The monoisotopic (exact) mass is 446 g/mol. The number of carbonyl (C=O) groups excluding carboxylic acids is 2. The Kier molecular flexibility index (Phi) is 11.1. The Bertz CT molecular complexity index is 751. The molecule has 0 aliphatic rings. The van der Waals surface area contributed by atoms with Gasteiger partial charge in [0.25, 0.3) is 0 Å². The summed E-state index contributed by atoms with van der Waals surface area (Å²) in [5, 5.41) is 0. The molecule has 8 nitrogen and oxygen atoms in total. The molecule has 0 N–H and O–H groups in total. The van der Waals surface area contributed by atoms with Gasteiger partial charge in [-0.25, -0.2) is 9.59 Å². The van der Waals surface area contributed by atoms with Crippen LogP contribution in [0.25, 0.3) is 0 Å². The molecule has 2 rings (SSSR count). The fourth-order valence-electron chi connectivity index (χ4n) is 2.67. The molecule has 0 amide bonds. The molecular formula is C24H30O8. The summed E-state index contributed by atoms with van der Waals surface area (Å²) in [4.78, 5) is 44.5. The molecule has 0 unspecified atom stereocenters. The van der Waals surface area contributed by atoms with E-state index < -0.39 is 18.2 Å². The molecule has 0 saturated carbocycles. The third kappa shape index (κ3) is 8.56. The van der Waals surface area contributed by atoms with E-state index in [2.05, 4.69) is 6.92 Å². The fourth-order valence-corrected chi connectivity index (χ4v) is 2.67. The Labute approximate surface area is 188 Å². The Morgan fingerprint density at radius 2 is 1.12 bits per heavy atom. The van der Waals surface area contributed by atoms with Crippen molar-refractivity contribution in [2.24, 2.45) is 0 Å². The summed E-state index contributed by atoms with van der Waals surface area (Å²) < 4.78 is 10.7. The Hall–Kier alpha value is -3.10. The lowest BCUT2D eigenvalue weighted by atomic mass is 10.2. The molecule has 32 heavy (non-hydrogen) atoms. The first kappa shape index (κ1) is 25.2. The first-order valence-corrected chi connectivity index (χ1v) is 10.8. The van der Waals surface area contributed by atoms with Crippen LogP contribution in [0.4, 0.5) is 0 Å². The summed E-state index contributed by atoms with van der Waals surface area (Å²) in [6.07, 6.45) is 1.96. The first-order valence-electron chi connectivity index (χ1n) is 10.8. The highest BCUT2D eigenvalue weighted by atomic mass is 17.3. The molecule has 0 heterocycles. The number of carbonyl (C=O) groups is 2. The van der Waals surface area contributed by atoms with Crippen molar-refractivity contribution in [1.29, 1.82) is 0 Å². The van der Waals surface area contributed by atoms with Gasteiger partial charge in [0.2, 0.25) is 6.29 Å². The Morgan fingerprint density at radius 3 is 1.50 bits per heavy atom. The van der Waals surface area contributed by atoms with Crippen LogP contribution in [0, 0.1) is 0 Å². The highest BCUT2D eigenvalue weighted by molar-refractivity contribution is 5.89. The van der Waals surface area contributed by atoms with Gasteiger partial charge >= 0.3 is 11.9 Å². The maximum atomic E-state index is 12.2. The van der Waals surface area contributed by atoms with Crippen molar-refractivity contribution < 1.29 is 38.6 Å². The van der Waals surface area contributed by atoms with Gasteiger partial charge in [0.15, 0.2) is 0 Å². The molecule has 0 aromatic heterocycles. The number of hydrogen-bond acceptors (Lipinski definition) is 8. The van der Waals surface area contributed by atoms with E-state index in [1.807, 2.05) is 13.8 Å². The number of benzene rings is 2. The summed E-state index contributed by atoms with van der Waals surface area (Å²) in [5.41, 5.74) is 0.569. The van der Waals surface area contributed by atoms with Gasteiger partial charge in [-0.3, -0.25) is 9.78 Å². The molecule has 2 aromatic carbocycles. The summed E-state index contributed by atoms with van der Waals surface area (Å²) >= 11 is 0. The van der Waals surface area contributed by atoms with Crippen LogP contribution in [0.1, 0.15) is 67.2 Å². The topological polar surface area (TPSA) is 89.5 Å². The maximum absolute atomic E-state index is 12.2. The summed E-state index contributed by atoms with van der Waals surface area (Å²) in [7, 11) is 0. The van der Waals surface area contributed by atoms with Crippen molar-refractivity contribution >= 4 is 11.9 Å². The van der Waals surface area contributed by atoms with Crippen molar-refractivity contribution in [2.75, 3.05) is 13.2 Å². The zero-order valence-corrected chi connectivity index (χ0v) is 18.7. The van der Waals surface area contributed by atoms with E-state index >= 15 is 0 Å². The average Bonchev–Trinajstić information content (AvgIpc) is 2.81. The van der Waals surface area contributed by atoms with Crippen molar-refractivity contribution in [3.8, 4) is 11.5 Å². The second-order valence-corrected chi connectivity index (χ2v) is 6.77. The Morgan fingerprint density at radius 1 is 0.688 bits per heavy atom. The van der Waals surface area contributed by atoms with Crippen LogP contribution in [-0.4, -0.2) is 31.4 Å². The summed E-state index contributed by atoms with van der Waals surface area (Å²) in [5.74, 6) is -0.108. The minimum Gasteiger partial charge on any atom is -0.494 e. The van der Waals surface area contributed by atoms with E-state index in [-0.39, 0.29) is 11.1 Å². The molecule has 2 aromatic rings. The molecule has 8 heteroatoms. The molecule has 0 bridgehead atoms. The minimum atomic E-state index is -1.06. The van der Waals surface area contributed by atoms with Gasteiger partial charge in [0, 0.05) is 6.42 Å². The smallest absolute Gasteiger partial charge is 0.373 e. The van der Waals surface area contributed by atoms with E-state index in [1.165, 1.54) is 0 Å². The van der Waals surface area contributed by atoms with Crippen LogP contribution in [-0.2, 0) is 19.6 Å². The zero-order chi connectivity index (χ0) is 23.2. The second-order valence-electron chi connectivity index (χ2n) is 6.77. The summed E-state index contributed by atoms with van der Waals surface area (Å²) in [6.45, 7) is 6.85. The largest absolute Gasteiger partial charge is 0.494 e. The molecule has 0 spiro atoms. The third-order valence-corrected chi connectivity index (χ3v) is 4.31. The third-order valence-electron chi connectivity index (χ3n) is 4.31. The van der Waals surface area contributed by atoms with Crippen LogP contribution < -0.4 is 9.47 Å². The van der Waals surface area contributed by atoms with Gasteiger partial charge < -0.3 is 9.47 Å². The molecule has 0 radical (unpaired) electrons. The molecule has 0 atom stereocenters. The highest BCUT2D eigenvalue weighted by Gasteiger charge is 2.19. The van der Waals surface area contributed by atoms with E-state index in [0.717, 1.165) is 19.3 Å². The normalized spacial score (nSPS) is 10.6. The zero-order valence-electron chi connectivity index (χ0n) is 18.7. The molecule has 174 valence electrons. The van der Waals surface area contributed by atoms with Crippen molar-refractivity contribution in [3.63, 3.8) is 0 Å². The van der Waals surface area contributed by atoms with Gasteiger partial charge in [-0.1, -0.05) is 19.8 Å². The molecule has 0 aliphatic heterocycles. The van der Waals surface area contributed by atoms with Crippen LogP contribution in [0.3, 0.4) is 0 Å². The van der Waals surface area contributed by atoms with Crippen LogP contribution in [0.15, 0.2) is 48.5 Å². The molecular weight excluding hydrogens is 416 g/mol.